The second-order valence-corrected chi connectivity index (χ2v) is 4.41. The van der Waals surface area contributed by atoms with Gasteiger partial charge in [0.05, 0.1) is 13.2 Å². The van der Waals surface area contributed by atoms with Gasteiger partial charge in [-0.3, -0.25) is 4.57 Å². The zero-order valence-electron chi connectivity index (χ0n) is 10.3. The van der Waals surface area contributed by atoms with E-state index in [1.165, 1.54) is 6.42 Å². The summed E-state index contributed by atoms with van der Waals surface area (Å²) in [6.45, 7) is 1.06. The zero-order valence-corrected chi connectivity index (χ0v) is 10.3. The molecule has 1 fully saturated rings. The van der Waals surface area contributed by atoms with Crippen LogP contribution in [-0.2, 0) is 0 Å². The van der Waals surface area contributed by atoms with E-state index in [2.05, 4.69) is 15.5 Å². The highest BCUT2D eigenvalue weighted by Crippen LogP contribution is 2.24. The topological polar surface area (TPSA) is 52.0 Å². The Morgan fingerprint density at radius 2 is 2.17 bits per heavy atom. The van der Waals surface area contributed by atoms with E-state index in [9.17, 15) is 0 Å². The molecule has 94 valence electrons. The van der Waals surface area contributed by atoms with Crippen molar-refractivity contribution in [1.29, 1.82) is 0 Å². The van der Waals surface area contributed by atoms with Gasteiger partial charge in [0.1, 0.15) is 12.1 Å². The van der Waals surface area contributed by atoms with E-state index in [0.29, 0.717) is 6.04 Å². The van der Waals surface area contributed by atoms with E-state index < -0.39 is 0 Å². The molecule has 1 aromatic carbocycles. The predicted octanol–water partition coefficient (Wildman–Crippen LogP) is 1.70. The Morgan fingerprint density at radius 1 is 1.33 bits per heavy atom. The Labute approximate surface area is 106 Å². The average molecular weight is 244 g/mol. The number of rotatable bonds is 3. The third kappa shape index (κ3) is 1.97. The summed E-state index contributed by atoms with van der Waals surface area (Å²) in [7, 11) is 1.67. The van der Waals surface area contributed by atoms with Crippen molar-refractivity contribution in [3.8, 4) is 11.4 Å². The van der Waals surface area contributed by atoms with Crippen LogP contribution in [0.4, 0.5) is 0 Å². The second kappa shape index (κ2) is 4.78. The minimum absolute atomic E-state index is 0.314. The van der Waals surface area contributed by atoms with E-state index in [1.807, 2.05) is 28.8 Å². The molecule has 2 heterocycles. The third-order valence-electron chi connectivity index (χ3n) is 3.30. The van der Waals surface area contributed by atoms with Gasteiger partial charge in [0.2, 0.25) is 0 Å². The smallest absolute Gasteiger partial charge is 0.154 e. The zero-order chi connectivity index (χ0) is 12.4. The molecule has 0 bridgehead atoms. The first kappa shape index (κ1) is 11.2. The lowest BCUT2D eigenvalue weighted by Gasteiger charge is -2.12. The summed E-state index contributed by atoms with van der Waals surface area (Å²) in [5.41, 5.74) is 1.06. The molecule has 5 nitrogen and oxygen atoms in total. The van der Waals surface area contributed by atoms with Crippen LogP contribution in [0.1, 0.15) is 24.7 Å². The monoisotopic (exact) mass is 244 g/mol. The van der Waals surface area contributed by atoms with Gasteiger partial charge in [-0.15, -0.1) is 10.2 Å². The molecule has 0 amide bonds. The van der Waals surface area contributed by atoms with Gasteiger partial charge in [-0.1, -0.05) is 0 Å². The quantitative estimate of drug-likeness (QED) is 0.893. The number of methoxy groups -OCH3 is 1. The summed E-state index contributed by atoms with van der Waals surface area (Å²) < 4.78 is 7.19. The molecule has 0 aliphatic carbocycles. The summed E-state index contributed by atoms with van der Waals surface area (Å²) >= 11 is 0. The highest BCUT2D eigenvalue weighted by atomic mass is 16.5. The lowest BCUT2D eigenvalue weighted by Crippen LogP contribution is -2.17. The van der Waals surface area contributed by atoms with Crippen LogP contribution < -0.4 is 10.1 Å². The molecule has 1 atom stereocenters. The maximum absolute atomic E-state index is 5.16. The van der Waals surface area contributed by atoms with Gasteiger partial charge in [-0.05, 0) is 43.7 Å². The number of nitrogens with one attached hydrogen (secondary N) is 1. The van der Waals surface area contributed by atoms with Gasteiger partial charge in [0.25, 0.3) is 0 Å². The van der Waals surface area contributed by atoms with Crippen LogP contribution in [0.3, 0.4) is 0 Å². The Hall–Kier alpha value is -1.88. The number of benzene rings is 1. The first-order valence-corrected chi connectivity index (χ1v) is 6.16. The molecule has 1 saturated heterocycles. The van der Waals surface area contributed by atoms with Crippen LogP contribution in [-0.4, -0.2) is 28.4 Å². The van der Waals surface area contributed by atoms with Gasteiger partial charge < -0.3 is 10.1 Å². The summed E-state index contributed by atoms with van der Waals surface area (Å²) in [5, 5.41) is 11.7. The largest absolute Gasteiger partial charge is 0.497 e. The van der Waals surface area contributed by atoms with Gasteiger partial charge in [-0.25, -0.2) is 0 Å². The van der Waals surface area contributed by atoms with Gasteiger partial charge in [-0.2, -0.15) is 0 Å². The van der Waals surface area contributed by atoms with Crippen molar-refractivity contribution >= 4 is 0 Å². The molecule has 1 unspecified atom stereocenters. The summed E-state index contributed by atoms with van der Waals surface area (Å²) in [6.07, 6.45) is 4.08. The highest BCUT2D eigenvalue weighted by molar-refractivity contribution is 5.38. The molecule has 2 aromatic rings. The van der Waals surface area contributed by atoms with E-state index in [4.69, 9.17) is 4.74 Å². The SMILES string of the molecule is COc1ccc(-n2cnnc2C2CCCN2)cc1. The molecular weight excluding hydrogens is 228 g/mol. The van der Waals surface area contributed by atoms with E-state index in [0.717, 1.165) is 30.2 Å². The number of hydrogen-bond acceptors (Lipinski definition) is 4. The molecule has 1 aromatic heterocycles. The van der Waals surface area contributed by atoms with Crippen molar-refractivity contribution in [3.05, 3.63) is 36.4 Å². The van der Waals surface area contributed by atoms with Crippen molar-refractivity contribution in [2.75, 3.05) is 13.7 Å². The van der Waals surface area contributed by atoms with Crippen molar-refractivity contribution in [3.63, 3.8) is 0 Å². The molecule has 0 spiro atoms. The van der Waals surface area contributed by atoms with Gasteiger partial charge in [0.15, 0.2) is 5.82 Å². The number of nitrogens with zero attached hydrogens (tertiary/aromatic N) is 3. The number of ether oxygens (including phenoxy) is 1. The predicted molar refractivity (Wildman–Crippen MR) is 67.9 cm³/mol. The summed E-state index contributed by atoms with van der Waals surface area (Å²) in [6, 6.07) is 8.23. The first-order chi connectivity index (χ1) is 8.88. The van der Waals surface area contributed by atoms with Gasteiger partial charge in [0, 0.05) is 5.69 Å². The fourth-order valence-electron chi connectivity index (χ4n) is 2.33. The Bertz CT molecular complexity index is 514. The Balaban J connectivity index is 1.93. The van der Waals surface area contributed by atoms with Crippen LogP contribution in [0.25, 0.3) is 5.69 Å². The first-order valence-electron chi connectivity index (χ1n) is 6.16. The fourth-order valence-corrected chi connectivity index (χ4v) is 2.33. The van der Waals surface area contributed by atoms with Crippen LogP contribution >= 0.6 is 0 Å². The van der Waals surface area contributed by atoms with Crippen molar-refractivity contribution in [2.45, 2.75) is 18.9 Å². The number of aromatic nitrogens is 3. The molecule has 1 aliphatic heterocycles. The molecular formula is C13H16N4O. The maximum atomic E-state index is 5.16. The van der Waals surface area contributed by atoms with Crippen molar-refractivity contribution in [1.82, 2.24) is 20.1 Å². The minimum atomic E-state index is 0.314. The normalized spacial score (nSPS) is 19.1. The van der Waals surface area contributed by atoms with Crippen molar-refractivity contribution in [2.24, 2.45) is 0 Å². The van der Waals surface area contributed by atoms with Crippen LogP contribution in [0.5, 0.6) is 5.75 Å². The summed E-state index contributed by atoms with van der Waals surface area (Å²) in [5.74, 6) is 1.84. The highest BCUT2D eigenvalue weighted by Gasteiger charge is 2.21. The maximum Gasteiger partial charge on any atom is 0.154 e. The standard InChI is InChI=1S/C13H16N4O/c1-18-11-6-4-10(5-7-11)17-9-15-16-13(17)12-3-2-8-14-12/h4-7,9,12,14H,2-3,8H2,1H3. The van der Waals surface area contributed by atoms with E-state index >= 15 is 0 Å². The van der Waals surface area contributed by atoms with Crippen LogP contribution in [0.2, 0.25) is 0 Å². The Morgan fingerprint density at radius 3 is 2.83 bits per heavy atom. The van der Waals surface area contributed by atoms with E-state index in [-0.39, 0.29) is 0 Å². The second-order valence-electron chi connectivity index (χ2n) is 4.41. The molecule has 18 heavy (non-hydrogen) atoms. The lowest BCUT2D eigenvalue weighted by atomic mass is 10.2. The average Bonchev–Trinajstić information content (AvgIpc) is 3.09. The van der Waals surface area contributed by atoms with Crippen molar-refractivity contribution < 1.29 is 4.74 Å². The number of hydrogen-bond donors (Lipinski definition) is 1. The Kier molecular flexibility index (Phi) is 2.98. The fraction of sp³-hybridized carbons (Fsp3) is 0.385. The van der Waals surface area contributed by atoms with Crippen LogP contribution in [0, 0.1) is 0 Å². The molecule has 0 saturated carbocycles. The van der Waals surface area contributed by atoms with E-state index in [1.54, 1.807) is 13.4 Å². The third-order valence-corrected chi connectivity index (χ3v) is 3.30. The minimum Gasteiger partial charge on any atom is -0.497 e. The van der Waals surface area contributed by atoms with Gasteiger partial charge >= 0.3 is 0 Å². The molecule has 1 N–H and O–H groups in total. The summed E-state index contributed by atoms with van der Waals surface area (Å²) in [4.78, 5) is 0. The molecule has 0 radical (unpaired) electrons. The molecule has 5 heteroatoms. The molecule has 1 aliphatic rings. The molecule has 3 rings (SSSR count). The van der Waals surface area contributed by atoms with Crippen LogP contribution in [0.15, 0.2) is 30.6 Å². The lowest BCUT2D eigenvalue weighted by molar-refractivity contribution is 0.414.